The first-order chi connectivity index (χ1) is 11.6. The van der Waals surface area contributed by atoms with Crippen molar-refractivity contribution in [2.24, 2.45) is 17.8 Å². The first-order valence-corrected chi connectivity index (χ1v) is 11.2. The van der Waals surface area contributed by atoms with E-state index in [1.165, 1.54) is 36.6 Å². The van der Waals surface area contributed by atoms with Gasteiger partial charge < -0.3 is 0 Å². The summed E-state index contributed by atoms with van der Waals surface area (Å²) < 4.78 is 0. The number of fused-ring (bicyclic) bond motifs is 3. The maximum Gasteiger partial charge on any atom is -0.00238 e. The van der Waals surface area contributed by atoms with Crippen LogP contribution in [0.5, 0.6) is 0 Å². The summed E-state index contributed by atoms with van der Waals surface area (Å²) in [5.41, 5.74) is 5.49. The van der Waals surface area contributed by atoms with Gasteiger partial charge in [-0.05, 0) is 64.4 Å². The van der Waals surface area contributed by atoms with Crippen molar-refractivity contribution in [2.45, 2.75) is 51.9 Å². The van der Waals surface area contributed by atoms with E-state index >= 15 is 0 Å². The molecule has 2 aromatic carbocycles. The van der Waals surface area contributed by atoms with Crippen LogP contribution in [0.4, 0.5) is 0 Å². The van der Waals surface area contributed by atoms with Gasteiger partial charge in [0.15, 0.2) is 0 Å². The lowest BCUT2D eigenvalue weighted by atomic mass is 9.77. The van der Waals surface area contributed by atoms with Crippen LogP contribution in [0.3, 0.4) is 0 Å². The fraction of sp³-hybridized carbons (Fsp3) is 0.478. The SMILES string of the molecule is CC1CCC(C(C)C)C(P2Cc3ccccc3-c3ccccc32)C1. The lowest BCUT2D eigenvalue weighted by molar-refractivity contribution is 0.241. The first kappa shape index (κ1) is 16.3. The Morgan fingerprint density at radius 1 is 0.917 bits per heavy atom. The second-order valence-corrected chi connectivity index (χ2v) is 10.6. The Hall–Kier alpha value is -1.13. The molecule has 24 heavy (non-hydrogen) atoms. The fourth-order valence-corrected chi connectivity index (χ4v) is 8.70. The van der Waals surface area contributed by atoms with Gasteiger partial charge in [0.1, 0.15) is 0 Å². The summed E-state index contributed by atoms with van der Waals surface area (Å²) in [7, 11) is -0.0907. The number of rotatable bonds is 2. The highest BCUT2D eigenvalue weighted by Crippen LogP contribution is 2.58. The minimum atomic E-state index is -0.0907. The molecular weight excluding hydrogens is 307 g/mol. The maximum absolute atomic E-state index is 2.47. The Morgan fingerprint density at radius 3 is 2.42 bits per heavy atom. The molecule has 1 fully saturated rings. The van der Waals surface area contributed by atoms with E-state index in [2.05, 4.69) is 69.3 Å². The molecule has 0 bridgehead atoms. The van der Waals surface area contributed by atoms with Crippen LogP contribution in [0, 0.1) is 17.8 Å². The lowest BCUT2D eigenvalue weighted by Crippen LogP contribution is -2.34. The van der Waals surface area contributed by atoms with Crippen molar-refractivity contribution < 1.29 is 0 Å². The third-order valence-corrected chi connectivity index (χ3v) is 9.33. The first-order valence-electron chi connectivity index (χ1n) is 9.59. The van der Waals surface area contributed by atoms with Crippen molar-refractivity contribution in [3.63, 3.8) is 0 Å². The van der Waals surface area contributed by atoms with Gasteiger partial charge in [-0.2, -0.15) is 0 Å². The van der Waals surface area contributed by atoms with Crippen LogP contribution in [0.15, 0.2) is 48.5 Å². The van der Waals surface area contributed by atoms with Crippen molar-refractivity contribution in [3.8, 4) is 11.1 Å². The predicted molar refractivity (Wildman–Crippen MR) is 107 cm³/mol. The highest BCUT2D eigenvalue weighted by Gasteiger charge is 2.38. The van der Waals surface area contributed by atoms with Gasteiger partial charge in [0.25, 0.3) is 0 Å². The Balaban J connectivity index is 1.78. The van der Waals surface area contributed by atoms with E-state index < -0.39 is 0 Å². The molecule has 0 aromatic heterocycles. The van der Waals surface area contributed by atoms with E-state index in [1.54, 1.807) is 10.9 Å². The van der Waals surface area contributed by atoms with Crippen molar-refractivity contribution in [1.82, 2.24) is 0 Å². The summed E-state index contributed by atoms with van der Waals surface area (Å²) in [5.74, 6) is 2.62. The summed E-state index contributed by atoms with van der Waals surface area (Å²) in [6.07, 6.45) is 5.60. The minimum absolute atomic E-state index is 0.0907. The van der Waals surface area contributed by atoms with Gasteiger partial charge in [-0.3, -0.25) is 0 Å². The van der Waals surface area contributed by atoms with Crippen LogP contribution in [0.2, 0.25) is 0 Å². The molecule has 0 spiro atoms. The Morgan fingerprint density at radius 2 is 1.62 bits per heavy atom. The summed E-state index contributed by atoms with van der Waals surface area (Å²) in [4.78, 5) is 0. The second-order valence-electron chi connectivity index (χ2n) is 8.20. The van der Waals surface area contributed by atoms with Crippen molar-refractivity contribution in [3.05, 3.63) is 54.1 Å². The topological polar surface area (TPSA) is 0 Å². The number of hydrogen-bond acceptors (Lipinski definition) is 0. The highest BCUT2D eigenvalue weighted by atomic mass is 31.1. The molecule has 4 rings (SSSR count). The van der Waals surface area contributed by atoms with Crippen LogP contribution >= 0.6 is 7.92 Å². The predicted octanol–water partition coefficient (Wildman–Crippen LogP) is 6.44. The van der Waals surface area contributed by atoms with Gasteiger partial charge in [-0.25, -0.2) is 0 Å². The monoisotopic (exact) mass is 336 g/mol. The number of hydrogen-bond donors (Lipinski definition) is 0. The molecule has 0 nitrogen and oxygen atoms in total. The van der Waals surface area contributed by atoms with E-state index in [1.807, 2.05) is 0 Å². The van der Waals surface area contributed by atoms with Crippen LogP contribution in [-0.2, 0) is 6.16 Å². The highest BCUT2D eigenvalue weighted by molar-refractivity contribution is 7.66. The van der Waals surface area contributed by atoms with Gasteiger partial charge in [-0.1, -0.05) is 83.6 Å². The normalized spacial score (nSPS) is 29.2. The van der Waals surface area contributed by atoms with E-state index in [0.29, 0.717) is 0 Å². The molecule has 2 aliphatic rings. The van der Waals surface area contributed by atoms with Crippen LogP contribution in [0.25, 0.3) is 11.1 Å². The molecule has 0 saturated heterocycles. The Bertz CT molecular complexity index is 717. The Labute approximate surface area is 148 Å². The van der Waals surface area contributed by atoms with Gasteiger partial charge >= 0.3 is 0 Å². The van der Waals surface area contributed by atoms with Crippen LogP contribution < -0.4 is 5.30 Å². The summed E-state index contributed by atoms with van der Waals surface area (Å²) in [6, 6.07) is 18.4. The second kappa shape index (κ2) is 6.64. The largest absolute Gasteiger partial charge is 0.0667 e. The molecule has 2 aromatic rings. The summed E-state index contributed by atoms with van der Waals surface area (Å²) in [5, 5.41) is 1.68. The zero-order valence-corrected chi connectivity index (χ0v) is 16.1. The van der Waals surface area contributed by atoms with Crippen LogP contribution in [0.1, 0.15) is 45.6 Å². The molecular formula is C23H29P. The van der Waals surface area contributed by atoms with Gasteiger partial charge in [0, 0.05) is 0 Å². The third kappa shape index (κ3) is 2.84. The fourth-order valence-electron chi connectivity index (χ4n) is 4.95. The standard InChI is InChI=1S/C23H29P/c1-16(2)19-13-12-17(3)14-23(19)24-15-18-8-4-5-9-20(18)21-10-6-7-11-22(21)24/h4-11,16-17,19,23H,12-15H2,1-3H3. The molecule has 1 saturated carbocycles. The molecule has 1 heteroatoms. The van der Waals surface area contributed by atoms with E-state index in [4.69, 9.17) is 0 Å². The third-order valence-electron chi connectivity index (χ3n) is 6.25. The van der Waals surface area contributed by atoms with E-state index in [0.717, 1.165) is 23.4 Å². The van der Waals surface area contributed by atoms with Gasteiger partial charge in [0.05, 0.1) is 0 Å². The molecule has 1 heterocycles. The molecule has 4 unspecified atom stereocenters. The zero-order chi connectivity index (χ0) is 16.7. The lowest BCUT2D eigenvalue weighted by Gasteiger charge is -2.44. The van der Waals surface area contributed by atoms with Crippen LogP contribution in [-0.4, -0.2) is 5.66 Å². The molecule has 0 amide bonds. The molecule has 1 aliphatic heterocycles. The summed E-state index contributed by atoms with van der Waals surface area (Å²) in [6.45, 7) is 7.38. The Kier molecular flexibility index (Phi) is 4.52. The van der Waals surface area contributed by atoms with Crippen molar-refractivity contribution in [1.29, 1.82) is 0 Å². The van der Waals surface area contributed by atoms with E-state index in [9.17, 15) is 0 Å². The van der Waals surface area contributed by atoms with Gasteiger partial charge in [-0.15, -0.1) is 0 Å². The molecule has 0 radical (unpaired) electrons. The number of benzene rings is 2. The average Bonchev–Trinajstić information content (AvgIpc) is 2.60. The minimum Gasteiger partial charge on any atom is -0.0667 e. The van der Waals surface area contributed by atoms with Crippen molar-refractivity contribution in [2.75, 3.05) is 0 Å². The van der Waals surface area contributed by atoms with Gasteiger partial charge in [0.2, 0.25) is 0 Å². The quantitative estimate of drug-likeness (QED) is 0.554. The zero-order valence-electron chi connectivity index (χ0n) is 15.2. The molecule has 0 N–H and O–H groups in total. The smallest absolute Gasteiger partial charge is 0.00238 e. The molecule has 126 valence electrons. The van der Waals surface area contributed by atoms with E-state index in [-0.39, 0.29) is 7.92 Å². The average molecular weight is 336 g/mol. The molecule has 1 aliphatic carbocycles. The summed E-state index contributed by atoms with van der Waals surface area (Å²) >= 11 is 0. The van der Waals surface area contributed by atoms with Crippen molar-refractivity contribution >= 4 is 13.2 Å². The molecule has 4 atom stereocenters. The maximum atomic E-state index is 2.47.